The zero-order chi connectivity index (χ0) is 18.2. The van der Waals surface area contributed by atoms with Crippen molar-refractivity contribution >= 4 is 11.7 Å². The molecule has 0 spiro atoms. The van der Waals surface area contributed by atoms with E-state index in [1.165, 1.54) is 0 Å². The fourth-order valence-corrected chi connectivity index (χ4v) is 2.87. The molecule has 0 saturated carbocycles. The van der Waals surface area contributed by atoms with E-state index in [9.17, 15) is 4.79 Å². The number of benzene rings is 1. The Morgan fingerprint density at radius 3 is 2.69 bits per heavy atom. The molecule has 26 heavy (non-hydrogen) atoms. The molecule has 0 unspecified atom stereocenters. The number of carbonyl (C=O) groups is 1. The minimum Gasteiger partial charge on any atom is -0.497 e. The van der Waals surface area contributed by atoms with Gasteiger partial charge in [0.05, 0.1) is 20.3 Å². The highest BCUT2D eigenvalue weighted by Gasteiger charge is 2.12. The van der Waals surface area contributed by atoms with Crippen molar-refractivity contribution in [2.45, 2.75) is 19.4 Å². The van der Waals surface area contributed by atoms with Crippen LogP contribution in [0.5, 0.6) is 5.75 Å². The Labute approximate surface area is 154 Å². The zero-order valence-electron chi connectivity index (χ0n) is 15.1. The molecule has 6 nitrogen and oxygen atoms in total. The summed E-state index contributed by atoms with van der Waals surface area (Å²) < 4.78 is 10.5. The zero-order valence-corrected chi connectivity index (χ0v) is 15.1. The number of nitrogens with zero attached hydrogens (tertiary/aromatic N) is 2. The standard InChI is InChI=1S/C20H25N3O3/c1-25-18-5-2-17(3-6-18)15-22-20(24)7-4-16-8-9-21-19(14-16)23-10-12-26-13-11-23/h2-3,5-6,8-9,14H,4,7,10-13,15H2,1H3,(H,22,24). The first-order valence-corrected chi connectivity index (χ1v) is 8.92. The number of anilines is 1. The van der Waals surface area contributed by atoms with Crippen molar-refractivity contribution in [3.8, 4) is 5.75 Å². The summed E-state index contributed by atoms with van der Waals surface area (Å²) in [6, 6.07) is 11.7. The third-order valence-corrected chi connectivity index (χ3v) is 4.43. The molecule has 1 N–H and O–H groups in total. The number of rotatable bonds is 7. The highest BCUT2D eigenvalue weighted by molar-refractivity contribution is 5.76. The van der Waals surface area contributed by atoms with Crippen molar-refractivity contribution in [3.05, 3.63) is 53.7 Å². The number of carbonyl (C=O) groups excluding carboxylic acids is 1. The molecule has 1 aliphatic rings. The highest BCUT2D eigenvalue weighted by Crippen LogP contribution is 2.15. The van der Waals surface area contributed by atoms with Crippen molar-refractivity contribution in [1.29, 1.82) is 0 Å². The first-order chi connectivity index (χ1) is 12.7. The molecule has 1 aliphatic heterocycles. The maximum absolute atomic E-state index is 12.1. The average Bonchev–Trinajstić information content (AvgIpc) is 2.72. The lowest BCUT2D eigenvalue weighted by atomic mass is 10.1. The van der Waals surface area contributed by atoms with Gasteiger partial charge in [-0.05, 0) is 41.8 Å². The maximum atomic E-state index is 12.1. The van der Waals surface area contributed by atoms with Gasteiger partial charge in [-0.15, -0.1) is 0 Å². The second-order valence-corrected chi connectivity index (χ2v) is 6.25. The van der Waals surface area contributed by atoms with Crippen molar-refractivity contribution in [1.82, 2.24) is 10.3 Å². The number of hydrogen-bond donors (Lipinski definition) is 1. The van der Waals surface area contributed by atoms with E-state index >= 15 is 0 Å². The van der Waals surface area contributed by atoms with Crippen LogP contribution in [0.1, 0.15) is 17.5 Å². The van der Waals surface area contributed by atoms with Gasteiger partial charge in [0.25, 0.3) is 0 Å². The minimum absolute atomic E-state index is 0.0468. The summed E-state index contributed by atoms with van der Waals surface area (Å²) in [5.74, 6) is 1.82. The molecule has 138 valence electrons. The van der Waals surface area contributed by atoms with E-state index in [-0.39, 0.29) is 5.91 Å². The summed E-state index contributed by atoms with van der Waals surface area (Å²) in [4.78, 5) is 18.8. The first-order valence-electron chi connectivity index (χ1n) is 8.92. The lowest BCUT2D eigenvalue weighted by Gasteiger charge is -2.28. The van der Waals surface area contributed by atoms with Gasteiger partial charge in [0.2, 0.25) is 5.91 Å². The van der Waals surface area contributed by atoms with Gasteiger partial charge in [-0.3, -0.25) is 4.79 Å². The Kier molecular flexibility index (Phi) is 6.44. The van der Waals surface area contributed by atoms with Crippen LogP contribution in [0.4, 0.5) is 5.82 Å². The number of ether oxygens (including phenoxy) is 2. The molecule has 0 atom stereocenters. The molecular weight excluding hydrogens is 330 g/mol. The third kappa shape index (κ3) is 5.20. The van der Waals surface area contributed by atoms with Crippen LogP contribution in [0.15, 0.2) is 42.6 Å². The number of morpholine rings is 1. The molecule has 0 aliphatic carbocycles. The minimum atomic E-state index is 0.0468. The molecule has 0 bridgehead atoms. The number of amides is 1. The normalized spacial score (nSPS) is 14.1. The largest absolute Gasteiger partial charge is 0.497 e. The van der Waals surface area contributed by atoms with Crippen LogP contribution in [0, 0.1) is 0 Å². The van der Waals surface area contributed by atoms with Gasteiger partial charge in [-0.2, -0.15) is 0 Å². The molecule has 1 aromatic heterocycles. The molecule has 1 saturated heterocycles. The Bertz CT molecular complexity index is 712. The van der Waals surface area contributed by atoms with Gasteiger partial charge in [0, 0.05) is 32.3 Å². The van der Waals surface area contributed by atoms with Crippen LogP contribution >= 0.6 is 0 Å². The average molecular weight is 355 g/mol. The van der Waals surface area contributed by atoms with Crippen LogP contribution in [-0.4, -0.2) is 44.3 Å². The van der Waals surface area contributed by atoms with Crippen molar-refractivity contribution in [3.63, 3.8) is 0 Å². The molecule has 2 aromatic rings. The number of aryl methyl sites for hydroxylation is 1. The van der Waals surface area contributed by atoms with Gasteiger partial charge in [0.1, 0.15) is 11.6 Å². The third-order valence-electron chi connectivity index (χ3n) is 4.43. The smallest absolute Gasteiger partial charge is 0.220 e. The summed E-state index contributed by atoms with van der Waals surface area (Å²) in [6.07, 6.45) is 2.98. The van der Waals surface area contributed by atoms with Crippen LogP contribution < -0.4 is 15.0 Å². The summed E-state index contributed by atoms with van der Waals surface area (Å²) in [6.45, 7) is 3.72. The lowest BCUT2D eigenvalue weighted by molar-refractivity contribution is -0.121. The highest BCUT2D eigenvalue weighted by atomic mass is 16.5. The predicted octanol–water partition coefficient (Wildman–Crippen LogP) is 2.18. The van der Waals surface area contributed by atoms with Gasteiger partial charge in [-0.25, -0.2) is 4.98 Å². The van der Waals surface area contributed by atoms with Gasteiger partial charge >= 0.3 is 0 Å². The predicted molar refractivity (Wildman–Crippen MR) is 100 cm³/mol. The van der Waals surface area contributed by atoms with E-state index in [1.54, 1.807) is 7.11 Å². The number of pyridine rings is 1. The SMILES string of the molecule is COc1ccc(CNC(=O)CCc2ccnc(N3CCOCC3)c2)cc1. The summed E-state index contributed by atoms with van der Waals surface area (Å²) in [7, 11) is 1.64. The Morgan fingerprint density at radius 1 is 1.19 bits per heavy atom. The molecular formula is C20H25N3O3. The van der Waals surface area contributed by atoms with E-state index < -0.39 is 0 Å². The quantitative estimate of drug-likeness (QED) is 0.825. The van der Waals surface area contributed by atoms with Crippen molar-refractivity contribution in [2.24, 2.45) is 0 Å². The van der Waals surface area contributed by atoms with Gasteiger partial charge in [0.15, 0.2) is 0 Å². The first kappa shape index (κ1) is 18.2. The molecule has 1 amide bonds. The van der Waals surface area contributed by atoms with Crippen molar-refractivity contribution in [2.75, 3.05) is 38.3 Å². The molecule has 1 aromatic carbocycles. The van der Waals surface area contributed by atoms with Gasteiger partial charge < -0.3 is 19.7 Å². The maximum Gasteiger partial charge on any atom is 0.220 e. The second kappa shape index (κ2) is 9.20. The fraction of sp³-hybridized carbons (Fsp3) is 0.400. The second-order valence-electron chi connectivity index (χ2n) is 6.25. The van der Waals surface area contributed by atoms with Crippen LogP contribution in [0.25, 0.3) is 0 Å². The van der Waals surface area contributed by atoms with Crippen LogP contribution in [0.2, 0.25) is 0 Å². The number of aromatic nitrogens is 1. The summed E-state index contributed by atoms with van der Waals surface area (Å²) in [5, 5.41) is 2.96. The Morgan fingerprint density at radius 2 is 1.96 bits per heavy atom. The Hall–Kier alpha value is -2.60. The van der Waals surface area contributed by atoms with Gasteiger partial charge in [-0.1, -0.05) is 12.1 Å². The van der Waals surface area contributed by atoms with Crippen LogP contribution in [0.3, 0.4) is 0 Å². The molecule has 3 rings (SSSR count). The van der Waals surface area contributed by atoms with E-state index in [1.807, 2.05) is 36.5 Å². The molecule has 2 heterocycles. The fourth-order valence-electron chi connectivity index (χ4n) is 2.87. The summed E-state index contributed by atoms with van der Waals surface area (Å²) in [5.41, 5.74) is 2.18. The number of nitrogens with one attached hydrogen (secondary N) is 1. The molecule has 6 heteroatoms. The Balaban J connectivity index is 1.46. The molecule has 0 radical (unpaired) electrons. The lowest BCUT2D eigenvalue weighted by Crippen LogP contribution is -2.36. The molecule has 1 fully saturated rings. The number of methoxy groups -OCH3 is 1. The summed E-state index contributed by atoms with van der Waals surface area (Å²) >= 11 is 0. The monoisotopic (exact) mass is 355 g/mol. The topological polar surface area (TPSA) is 63.7 Å². The van der Waals surface area contributed by atoms with E-state index in [2.05, 4.69) is 21.3 Å². The van der Waals surface area contributed by atoms with E-state index in [0.717, 1.165) is 49.0 Å². The number of hydrogen-bond acceptors (Lipinski definition) is 5. The van der Waals surface area contributed by atoms with E-state index in [4.69, 9.17) is 9.47 Å². The van der Waals surface area contributed by atoms with E-state index in [0.29, 0.717) is 19.4 Å². The van der Waals surface area contributed by atoms with Crippen molar-refractivity contribution < 1.29 is 14.3 Å². The van der Waals surface area contributed by atoms with Crippen LogP contribution in [-0.2, 0) is 22.5 Å².